The van der Waals surface area contributed by atoms with Gasteiger partial charge in [0.25, 0.3) is 0 Å². The highest BCUT2D eigenvalue weighted by atomic mass is 16.5. The van der Waals surface area contributed by atoms with Crippen molar-refractivity contribution in [2.45, 2.75) is 50.7 Å². The highest BCUT2D eigenvalue weighted by molar-refractivity contribution is 5.92. The average molecular weight is 388 g/mol. The second-order valence-electron chi connectivity index (χ2n) is 9.36. The number of benzene rings is 2. The molecule has 4 aliphatic rings. The van der Waals surface area contributed by atoms with Gasteiger partial charge in [-0.05, 0) is 85.6 Å². The van der Waals surface area contributed by atoms with Crippen LogP contribution in [0.4, 0.5) is 0 Å². The lowest BCUT2D eigenvalue weighted by Crippen LogP contribution is -2.59. The van der Waals surface area contributed by atoms with Gasteiger partial charge in [-0.15, -0.1) is 0 Å². The maximum atomic E-state index is 12.6. The lowest BCUT2D eigenvalue weighted by Gasteiger charge is -2.56. The molecule has 0 atom stereocenters. The number of amides is 1. The van der Waals surface area contributed by atoms with Gasteiger partial charge in [-0.2, -0.15) is 0 Å². The van der Waals surface area contributed by atoms with Crippen LogP contribution in [0.2, 0.25) is 0 Å². The van der Waals surface area contributed by atoms with E-state index < -0.39 is 0 Å². The fourth-order valence-corrected chi connectivity index (χ4v) is 6.15. The minimum absolute atomic E-state index is 0.0522. The molecule has 4 bridgehead atoms. The van der Waals surface area contributed by atoms with Gasteiger partial charge in [-0.1, -0.05) is 42.5 Å². The topological polar surface area (TPSA) is 38.3 Å². The third kappa shape index (κ3) is 4.24. The molecule has 6 rings (SSSR count). The quantitative estimate of drug-likeness (QED) is 0.677. The first-order chi connectivity index (χ1) is 14.2. The maximum Gasteiger partial charge on any atom is 0.244 e. The molecule has 0 spiro atoms. The van der Waals surface area contributed by atoms with Gasteiger partial charge in [0.2, 0.25) is 5.91 Å². The Morgan fingerprint density at radius 2 is 1.55 bits per heavy atom. The summed E-state index contributed by atoms with van der Waals surface area (Å²) in [5.74, 6) is 3.41. The zero-order valence-corrected chi connectivity index (χ0v) is 16.8. The van der Waals surface area contributed by atoms with Crippen molar-refractivity contribution in [1.82, 2.24) is 5.32 Å². The molecule has 3 nitrogen and oxygen atoms in total. The first-order valence-corrected chi connectivity index (χ1v) is 10.9. The summed E-state index contributed by atoms with van der Waals surface area (Å²) in [6.45, 7) is 0.559. The van der Waals surface area contributed by atoms with E-state index in [0.717, 1.165) is 34.6 Å². The second-order valence-corrected chi connectivity index (χ2v) is 9.36. The largest absolute Gasteiger partial charge is 0.489 e. The van der Waals surface area contributed by atoms with Gasteiger partial charge >= 0.3 is 0 Å². The monoisotopic (exact) mass is 387 g/mol. The summed E-state index contributed by atoms with van der Waals surface area (Å²) < 4.78 is 5.83. The second kappa shape index (κ2) is 7.70. The van der Waals surface area contributed by atoms with Crippen molar-refractivity contribution in [2.24, 2.45) is 17.8 Å². The van der Waals surface area contributed by atoms with Gasteiger partial charge in [-0.25, -0.2) is 0 Å². The molecule has 2 aromatic rings. The van der Waals surface area contributed by atoms with Crippen LogP contribution in [0.1, 0.15) is 49.7 Å². The van der Waals surface area contributed by atoms with Crippen LogP contribution >= 0.6 is 0 Å². The molecule has 3 heteroatoms. The molecular weight excluding hydrogens is 358 g/mol. The molecular formula is C26H29NO2. The van der Waals surface area contributed by atoms with Crippen LogP contribution in [0.3, 0.4) is 0 Å². The zero-order valence-electron chi connectivity index (χ0n) is 16.8. The van der Waals surface area contributed by atoms with Crippen LogP contribution in [0, 0.1) is 17.8 Å². The Morgan fingerprint density at radius 3 is 2.17 bits per heavy atom. The predicted molar refractivity (Wildman–Crippen MR) is 115 cm³/mol. The highest BCUT2D eigenvalue weighted by Gasteiger charge is 2.51. The number of rotatable bonds is 6. The first-order valence-electron chi connectivity index (χ1n) is 10.9. The van der Waals surface area contributed by atoms with E-state index in [0.29, 0.717) is 6.61 Å². The Balaban J connectivity index is 1.16. The van der Waals surface area contributed by atoms with Crippen LogP contribution < -0.4 is 10.1 Å². The SMILES string of the molecule is O=C(/C=C/c1ccc(OCc2ccccc2)cc1)NC12CC3CC(CC(C3)C1)C2. The number of carbonyl (C=O) groups is 1. The number of nitrogens with one attached hydrogen (secondary N) is 1. The van der Waals surface area contributed by atoms with E-state index in [4.69, 9.17) is 4.74 Å². The van der Waals surface area contributed by atoms with E-state index in [-0.39, 0.29) is 11.4 Å². The summed E-state index contributed by atoms with van der Waals surface area (Å²) >= 11 is 0. The minimum Gasteiger partial charge on any atom is -0.489 e. The maximum absolute atomic E-state index is 12.6. The Morgan fingerprint density at radius 1 is 0.931 bits per heavy atom. The molecule has 4 fully saturated rings. The Kier molecular flexibility index (Phi) is 4.91. The third-order valence-corrected chi connectivity index (χ3v) is 6.98. The van der Waals surface area contributed by atoms with E-state index in [1.807, 2.05) is 48.5 Å². The summed E-state index contributed by atoms with van der Waals surface area (Å²) in [6.07, 6.45) is 11.3. The van der Waals surface area contributed by atoms with Crippen molar-refractivity contribution in [1.29, 1.82) is 0 Å². The van der Waals surface area contributed by atoms with E-state index in [1.165, 1.54) is 38.5 Å². The molecule has 0 saturated heterocycles. The van der Waals surface area contributed by atoms with Crippen LogP contribution in [-0.4, -0.2) is 11.4 Å². The van der Waals surface area contributed by atoms with Crippen LogP contribution in [0.5, 0.6) is 5.75 Å². The van der Waals surface area contributed by atoms with Gasteiger partial charge in [0.1, 0.15) is 12.4 Å². The molecule has 150 valence electrons. The van der Waals surface area contributed by atoms with Crippen molar-refractivity contribution >= 4 is 12.0 Å². The van der Waals surface area contributed by atoms with Gasteiger partial charge in [0.15, 0.2) is 0 Å². The Bertz CT molecular complexity index is 849. The minimum atomic E-state index is 0.0522. The molecule has 29 heavy (non-hydrogen) atoms. The lowest BCUT2D eigenvalue weighted by atomic mass is 9.53. The Hall–Kier alpha value is -2.55. The third-order valence-electron chi connectivity index (χ3n) is 6.98. The number of hydrogen-bond donors (Lipinski definition) is 1. The van der Waals surface area contributed by atoms with Crippen molar-refractivity contribution < 1.29 is 9.53 Å². The average Bonchev–Trinajstić information content (AvgIpc) is 2.71. The number of carbonyl (C=O) groups excluding carboxylic acids is 1. The molecule has 2 aromatic carbocycles. The van der Waals surface area contributed by atoms with E-state index in [2.05, 4.69) is 17.4 Å². The van der Waals surface area contributed by atoms with E-state index in [1.54, 1.807) is 6.08 Å². The van der Waals surface area contributed by atoms with E-state index in [9.17, 15) is 4.79 Å². The summed E-state index contributed by atoms with van der Waals surface area (Å²) in [6, 6.07) is 18.0. The van der Waals surface area contributed by atoms with E-state index >= 15 is 0 Å². The molecule has 0 unspecified atom stereocenters. The molecule has 1 amide bonds. The molecule has 4 saturated carbocycles. The fourth-order valence-electron chi connectivity index (χ4n) is 6.15. The smallest absolute Gasteiger partial charge is 0.244 e. The summed E-state index contributed by atoms with van der Waals surface area (Å²) in [4.78, 5) is 12.6. The first kappa shape index (κ1) is 18.5. The van der Waals surface area contributed by atoms with Crippen LogP contribution in [-0.2, 0) is 11.4 Å². The fraction of sp³-hybridized carbons (Fsp3) is 0.423. The summed E-state index contributed by atoms with van der Waals surface area (Å²) in [5, 5.41) is 3.39. The number of hydrogen-bond acceptors (Lipinski definition) is 2. The van der Waals surface area contributed by atoms with Gasteiger partial charge in [0.05, 0.1) is 0 Å². The normalized spacial score (nSPS) is 29.9. The van der Waals surface area contributed by atoms with Crippen molar-refractivity contribution in [3.05, 3.63) is 71.8 Å². The van der Waals surface area contributed by atoms with Gasteiger partial charge in [-0.3, -0.25) is 4.79 Å². The molecule has 0 aliphatic heterocycles. The molecule has 4 aliphatic carbocycles. The highest BCUT2D eigenvalue weighted by Crippen LogP contribution is 2.55. The molecule has 0 heterocycles. The summed E-state index contributed by atoms with van der Waals surface area (Å²) in [5.41, 5.74) is 2.24. The molecule has 0 aromatic heterocycles. The number of ether oxygens (including phenoxy) is 1. The molecule has 0 radical (unpaired) electrons. The standard InChI is InChI=1S/C26H29NO2/c28-25(27-26-15-21-12-22(16-26)14-23(13-21)17-26)11-8-19-6-9-24(10-7-19)29-18-20-4-2-1-3-5-20/h1-11,21-23H,12-18H2,(H,27,28)/b11-8+. The van der Waals surface area contributed by atoms with Crippen molar-refractivity contribution in [3.8, 4) is 5.75 Å². The van der Waals surface area contributed by atoms with Gasteiger partial charge in [0, 0.05) is 11.6 Å². The lowest BCUT2D eigenvalue weighted by molar-refractivity contribution is -0.122. The van der Waals surface area contributed by atoms with Crippen LogP contribution in [0.15, 0.2) is 60.7 Å². The van der Waals surface area contributed by atoms with Crippen molar-refractivity contribution in [2.75, 3.05) is 0 Å². The van der Waals surface area contributed by atoms with Gasteiger partial charge < -0.3 is 10.1 Å². The zero-order chi connectivity index (χ0) is 19.7. The summed E-state index contributed by atoms with van der Waals surface area (Å²) in [7, 11) is 0. The van der Waals surface area contributed by atoms with Crippen molar-refractivity contribution in [3.63, 3.8) is 0 Å². The molecule has 1 N–H and O–H groups in total. The van der Waals surface area contributed by atoms with Crippen LogP contribution in [0.25, 0.3) is 6.08 Å². The predicted octanol–water partition coefficient (Wildman–Crippen LogP) is 5.36. The Labute approximate surface area is 173 Å².